The van der Waals surface area contributed by atoms with E-state index in [0.29, 0.717) is 18.3 Å². The molecule has 3 N–H and O–H groups in total. The lowest BCUT2D eigenvalue weighted by Gasteiger charge is -2.58. The molecule has 0 amide bonds. The molecule has 1 fully saturated rings. The van der Waals surface area contributed by atoms with Crippen LogP contribution in [-0.2, 0) is 24.2 Å². The number of carbonyl (C=O) groups is 2. The largest absolute Gasteiger partial charge is 0.505 e. The van der Waals surface area contributed by atoms with Crippen LogP contribution in [0.15, 0.2) is 34.8 Å². The lowest BCUT2D eigenvalue weighted by Crippen LogP contribution is -2.50. The lowest BCUT2D eigenvalue weighted by molar-refractivity contribution is -0.132. The van der Waals surface area contributed by atoms with Gasteiger partial charge in [-0.25, -0.2) is 4.18 Å². The number of nitrogens with one attached hydrogen (secondary N) is 1. The van der Waals surface area contributed by atoms with Crippen LogP contribution in [0.4, 0.5) is 0 Å². The van der Waals surface area contributed by atoms with Crippen molar-refractivity contribution in [2.45, 2.75) is 59.8 Å². The minimum absolute atomic E-state index is 0.0292. The zero-order valence-corrected chi connectivity index (χ0v) is 19.9. The maximum Gasteiger partial charge on any atom is 0.397 e. The first kappa shape index (κ1) is 24.7. The molecular weight excluding hydrogens is 434 g/mol. The van der Waals surface area contributed by atoms with Gasteiger partial charge in [0.15, 0.2) is 0 Å². The Morgan fingerprint density at radius 1 is 1.25 bits per heavy atom. The molecule has 32 heavy (non-hydrogen) atoms. The van der Waals surface area contributed by atoms with Gasteiger partial charge in [0.2, 0.25) is 11.6 Å². The molecule has 8 nitrogen and oxygen atoms in total. The summed E-state index contributed by atoms with van der Waals surface area (Å²) in [6.45, 7) is 8.32. The monoisotopic (exact) mass is 467 g/mol. The van der Waals surface area contributed by atoms with Gasteiger partial charge in [0, 0.05) is 18.2 Å². The zero-order valence-electron chi connectivity index (χ0n) is 19.1. The average Bonchev–Trinajstić information content (AvgIpc) is 2.70. The molecular formula is C23H33NO7S. The molecule has 0 aromatic rings. The first-order valence-electron chi connectivity index (χ1n) is 11.1. The van der Waals surface area contributed by atoms with E-state index >= 15 is 0 Å². The molecule has 0 bridgehead atoms. The Hall–Kier alpha value is -1.97. The van der Waals surface area contributed by atoms with E-state index in [-0.39, 0.29) is 34.4 Å². The number of aliphatic hydroxyl groups excluding tert-OH is 1. The molecule has 0 aromatic heterocycles. The zero-order chi connectivity index (χ0) is 23.9. The third-order valence-corrected chi connectivity index (χ3v) is 8.58. The van der Waals surface area contributed by atoms with E-state index < -0.39 is 28.6 Å². The number of hydrogen-bond acceptors (Lipinski definition) is 7. The summed E-state index contributed by atoms with van der Waals surface area (Å²) in [5.41, 5.74) is 1.27. The summed E-state index contributed by atoms with van der Waals surface area (Å²) >= 11 is 0. The van der Waals surface area contributed by atoms with Crippen molar-refractivity contribution in [3.63, 3.8) is 0 Å². The first-order chi connectivity index (χ1) is 14.8. The normalized spacial score (nSPS) is 33.5. The van der Waals surface area contributed by atoms with Crippen molar-refractivity contribution < 1.29 is 31.8 Å². The molecule has 0 spiro atoms. The number of carbonyl (C=O) groups excluding carboxylic acids is 2. The molecule has 4 unspecified atom stereocenters. The summed E-state index contributed by atoms with van der Waals surface area (Å²) in [4.78, 5) is 25.2. The molecule has 3 rings (SSSR count). The molecule has 4 atom stereocenters. The number of fused-ring (bicyclic) bond motifs is 1. The van der Waals surface area contributed by atoms with Gasteiger partial charge in [-0.3, -0.25) is 14.1 Å². The predicted octanol–water partition coefficient (Wildman–Crippen LogP) is 3.43. The van der Waals surface area contributed by atoms with Crippen molar-refractivity contribution in [2.75, 3.05) is 13.2 Å². The van der Waals surface area contributed by atoms with Crippen LogP contribution < -0.4 is 5.32 Å². The minimum atomic E-state index is -4.59. The van der Waals surface area contributed by atoms with Crippen molar-refractivity contribution in [2.24, 2.45) is 22.7 Å². The summed E-state index contributed by atoms with van der Waals surface area (Å²) in [5.74, 6) is -1.10. The number of hydrogen-bond donors (Lipinski definition) is 3. The molecule has 0 aliphatic heterocycles. The van der Waals surface area contributed by atoms with Gasteiger partial charge in [0.25, 0.3) is 0 Å². The minimum Gasteiger partial charge on any atom is -0.505 e. The van der Waals surface area contributed by atoms with Gasteiger partial charge in [-0.2, -0.15) is 8.42 Å². The van der Waals surface area contributed by atoms with Gasteiger partial charge in [0.05, 0.1) is 12.3 Å². The Bertz CT molecular complexity index is 1010. The lowest BCUT2D eigenvalue weighted by atomic mass is 9.46. The fourth-order valence-corrected chi connectivity index (χ4v) is 6.20. The average molecular weight is 468 g/mol. The highest BCUT2D eigenvalue weighted by Gasteiger charge is 2.54. The van der Waals surface area contributed by atoms with E-state index in [0.717, 1.165) is 31.8 Å². The Morgan fingerprint density at radius 2 is 1.94 bits per heavy atom. The number of allylic oxidation sites excluding steroid dienone is 4. The maximum absolute atomic E-state index is 12.8. The summed E-state index contributed by atoms with van der Waals surface area (Å²) < 4.78 is 34.2. The second kappa shape index (κ2) is 8.76. The summed E-state index contributed by atoms with van der Waals surface area (Å²) in [5, 5.41) is 13.6. The molecule has 0 aromatic carbocycles. The SMILES string of the molecule is CC1=CCCC2C1(C)CCC(C)C2(C)CC1=C(O)C(NCCOS(=O)(=O)O)=CC(=O)C1=O. The van der Waals surface area contributed by atoms with Crippen LogP contribution in [0.25, 0.3) is 0 Å². The molecule has 1 saturated carbocycles. The molecule has 9 heteroatoms. The van der Waals surface area contributed by atoms with E-state index in [9.17, 15) is 23.1 Å². The standard InChI is InChI=1S/C23H33NO7S/c1-14-6-5-7-19-22(14,3)9-8-15(2)23(19,4)13-16-20(26)17(12-18(25)21(16)27)24-10-11-31-32(28,29)30/h6,12,15,19,24,26H,5,7-11,13H2,1-4H3,(H,28,29,30). The Labute approximate surface area is 189 Å². The van der Waals surface area contributed by atoms with Crippen molar-refractivity contribution in [3.8, 4) is 0 Å². The van der Waals surface area contributed by atoms with E-state index in [4.69, 9.17) is 4.55 Å². The number of rotatable bonds is 7. The van der Waals surface area contributed by atoms with Gasteiger partial charge >= 0.3 is 10.4 Å². The second-order valence-corrected chi connectivity index (χ2v) is 10.9. The fraction of sp³-hybridized carbons (Fsp3) is 0.652. The van der Waals surface area contributed by atoms with Crippen LogP contribution >= 0.6 is 0 Å². The van der Waals surface area contributed by atoms with Crippen molar-refractivity contribution in [1.29, 1.82) is 0 Å². The summed E-state index contributed by atoms with van der Waals surface area (Å²) in [6.07, 6.45) is 7.66. The Balaban J connectivity index is 1.87. The van der Waals surface area contributed by atoms with E-state index in [2.05, 4.69) is 43.3 Å². The molecule has 0 heterocycles. The quantitative estimate of drug-likeness (QED) is 0.171. The second-order valence-electron chi connectivity index (χ2n) is 9.81. The molecule has 0 radical (unpaired) electrons. The van der Waals surface area contributed by atoms with Gasteiger partial charge < -0.3 is 10.4 Å². The third-order valence-electron chi connectivity index (χ3n) is 8.12. The molecule has 3 aliphatic rings. The topological polar surface area (TPSA) is 130 Å². The highest BCUT2D eigenvalue weighted by molar-refractivity contribution is 7.80. The highest BCUT2D eigenvalue weighted by atomic mass is 32.3. The van der Waals surface area contributed by atoms with Crippen molar-refractivity contribution in [3.05, 3.63) is 34.8 Å². The van der Waals surface area contributed by atoms with Crippen molar-refractivity contribution >= 4 is 22.0 Å². The maximum atomic E-state index is 12.8. The van der Waals surface area contributed by atoms with Crippen molar-refractivity contribution in [1.82, 2.24) is 5.32 Å². The summed E-state index contributed by atoms with van der Waals surface area (Å²) in [6, 6.07) is 0. The number of aliphatic hydroxyl groups is 1. The van der Waals surface area contributed by atoms with Crippen LogP contribution in [0.2, 0.25) is 0 Å². The van der Waals surface area contributed by atoms with Crippen LogP contribution in [0, 0.1) is 22.7 Å². The Morgan fingerprint density at radius 3 is 2.59 bits per heavy atom. The smallest absolute Gasteiger partial charge is 0.397 e. The molecule has 178 valence electrons. The van der Waals surface area contributed by atoms with Crippen LogP contribution in [0.5, 0.6) is 0 Å². The van der Waals surface area contributed by atoms with Crippen LogP contribution in [-0.4, -0.2) is 42.8 Å². The van der Waals surface area contributed by atoms with Gasteiger partial charge in [-0.1, -0.05) is 32.4 Å². The van der Waals surface area contributed by atoms with Crippen LogP contribution in [0.1, 0.15) is 59.8 Å². The Kier molecular flexibility index (Phi) is 6.75. The van der Waals surface area contributed by atoms with Gasteiger partial charge in [-0.05, 0) is 61.7 Å². The summed E-state index contributed by atoms with van der Waals surface area (Å²) in [7, 11) is -4.59. The molecule has 3 aliphatic carbocycles. The van der Waals surface area contributed by atoms with E-state index in [1.54, 1.807) is 0 Å². The highest BCUT2D eigenvalue weighted by Crippen LogP contribution is 2.62. The van der Waals surface area contributed by atoms with E-state index in [1.807, 2.05) is 0 Å². The van der Waals surface area contributed by atoms with E-state index in [1.165, 1.54) is 5.57 Å². The van der Waals surface area contributed by atoms with Crippen LogP contribution in [0.3, 0.4) is 0 Å². The fourth-order valence-electron chi connectivity index (χ4n) is 5.91. The molecule has 0 saturated heterocycles. The third kappa shape index (κ3) is 4.56. The van der Waals surface area contributed by atoms with Gasteiger partial charge in [-0.15, -0.1) is 0 Å². The number of Topliss-reactive ketones (excluding diaryl/α,β-unsaturated/α-hetero) is 1. The van der Waals surface area contributed by atoms with Gasteiger partial charge in [0.1, 0.15) is 5.76 Å². The first-order valence-corrected chi connectivity index (χ1v) is 12.4. The predicted molar refractivity (Wildman–Crippen MR) is 119 cm³/mol. The number of ketones is 2.